The maximum Gasteiger partial charge on any atom is 0.219 e. The molecule has 0 unspecified atom stereocenters. The van der Waals surface area contributed by atoms with Crippen LogP contribution in [-0.4, -0.2) is 4.98 Å². The zero-order chi connectivity index (χ0) is 13.1. The summed E-state index contributed by atoms with van der Waals surface area (Å²) in [6.45, 7) is 4.26. The molecule has 1 aromatic carbocycles. The van der Waals surface area contributed by atoms with Crippen LogP contribution in [0.15, 0.2) is 41.0 Å². The summed E-state index contributed by atoms with van der Waals surface area (Å²) in [7, 11) is 0. The molecule has 2 aromatic rings. The third-order valence-corrected chi connectivity index (χ3v) is 3.23. The lowest BCUT2D eigenvalue weighted by molar-refractivity contribution is 0.454. The topological polar surface area (TPSA) is 22.1 Å². The van der Waals surface area contributed by atoms with Crippen molar-refractivity contribution < 1.29 is 4.74 Å². The Hall–Kier alpha value is -1.06. The van der Waals surface area contributed by atoms with Crippen molar-refractivity contribution in [3.8, 4) is 11.6 Å². The SMILES string of the molecule is CC(C)c1cc(Br)ccc1Oc1ccc(Cl)cn1. The standard InChI is InChI=1S/C14H13BrClNO/c1-9(2)12-7-10(15)3-5-13(12)18-14-6-4-11(16)8-17-14/h3-9H,1-2H3. The highest BCUT2D eigenvalue weighted by atomic mass is 79.9. The van der Waals surface area contributed by atoms with E-state index in [0.29, 0.717) is 16.8 Å². The van der Waals surface area contributed by atoms with E-state index in [4.69, 9.17) is 16.3 Å². The molecule has 0 bridgehead atoms. The van der Waals surface area contributed by atoms with Crippen LogP contribution in [-0.2, 0) is 0 Å². The Morgan fingerprint density at radius 2 is 2.00 bits per heavy atom. The summed E-state index contributed by atoms with van der Waals surface area (Å²) in [6, 6.07) is 9.48. The molecule has 18 heavy (non-hydrogen) atoms. The minimum atomic E-state index is 0.379. The highest BCUT2D eigenvalue weighted by Gasteiger charge is 2.10. The molecule has 0 aliphatic heterocycles. The van der Waals surface area contributed by atoms with E-state index >= 15 is 0 Å². The fourth-order valence-corrected chi connectivity index (χ4v) is 2.09. The zero-order valence-corrected chi connectivity index (χ0v) is 12.5. The zero-order valence-electron chi connectivity index (χ0n) is 10.2. The van der Waals surface area contributed by atoms with Gasteiger partial charge in [-0.05, 0) is 35.7 Å². The molecule has 0 aliphatic carbocycles. The summed E-state index contributed by atoms with van der Waals surface area (Å²) in [5.74, 6) is 1.75. The highest BCUT2D eigenvalue weighted by Crippen LogP contribution is 2.32. The number of ether oxygens (including phenoxy) is 1. The van der Waals surface area contributed by atoms with Crippen LogP contribution in [0.4, 0.5) is 0 Å². The predicted molar refractivity (Wildman–Crippen MR) is 77.6 cm³/mol. The Morgan fingerprint density at radius 3 is 2.61 bits per heavy atom. The largest absolute Gasteiger partial charge is 0.439 e. The lowest BCUT2D eigenvalue weighted by atomic mass is 10.0. The first-order valence-electron chi connectivity index (χ1n) is 5.65. The van der Waals surface area contributed by atoms with Crippen molar-refractivity contribution in [2.75, 3.05) is 0 Å². The first-order chi connectivity index (χ1) is 8.56. The van der Waals surface area contributed by atoms with Gasteiger partial charge in [0.15, 0.2) is 0 Å². The van der Waals surface area contributed by atoms with E-state index in [0.717, 1.165) is 15.8 Å². The second-order valence-corrected chi connectivity index (χ2v) is 5.61. The fourth-order valence-electron chi connectivity index (χ4n) is 1.60. The number of pyridine rings is 1. The molecule has 0 spiro atoms. The van der Waals surface area contributed by atoms with Crippen molar-refractivity contribution in [2.24, 2.45) is 0 Å². The summed E-state index contributed by atoms with van der Waals surface area (Å²) in [4.78, 5) is 4.13. The maximum absolute atomic E-state index is 5.79. The smallest absolute Gasteiger partial charge is 0.219 e. The van der Waals surface area contributed by atoms with Gasteiger partial charge in [-0.3, -0.25) is 0 Å². The Balaban J connectivity index is 2.31. The second-order valence-electron chi connectivity index (χ2n) is 4.25. The Morgan fingerprint density at radius 1 is 1.22 bits per heavy atom. The Kier molecular flexibility index (Phi) is 4.25. The van der Waals surface area contributed by atoms with Gasteiger partial charge in [0.25, 0.3) is 0 Å². The molecule has 2 nitrogen and oxygen atoms in total. The van der Waals surface area contributed by atoms with Crippen LogP contribution in [0, 0.1) is 0 Å². The molecule has 1 heterocycles. The molecule has 2 rings (SSSR count). The van der Waals surface area contributed by atoms with Crippen molar-refractivity contribution >= 4 is 27.5 Å². The van der Waals surface area contributed by atoms with Gasteiger partial charge in [0.1, 0.15) is 5.75 Å². The molecular weight excluding hydrogens is 314 g/mol. The van der Waals surface area contributed by atoms with Crippen LogP contribution in [0.2, 0.25) is 5.02 Å². The molecular formula is C14H13BrClNO. The molecule has 0 aliphatic rings. The number of aromatic nitrogens is 1. The summed E-state index contributed by atoms with van der Waals surface area (Å²) in [6.07, 6.45) is 1.57. The van der Waals surface area contributed by atoms with E-state index in [1.165, 1.54) is 0 Å². The molecule has 94 valence electrons. The van der Waals surface area contributed by atoms with E-state index in [1.807, 2.05) is 12.1 Å². The van der Waals surface area contributed by atoms with Crippen LogP contribution in [0.5, 0.6) is 11.6 Å². The van der Waals surface area contributed by atoms with Crippen LogP contribution >= 0.6 is 27.5 Å². The van der Waals surface area contributed by atoms with Crippen molar-refractivity contribution in [3.63, 3.8) is 0 Å². The van der Waals surface area contributed by atoms with Crippen LogP contribution in [0.1, 0.15) is 25.3 Å². The predicted octanol–water partition coefficient (Wildman–Crippen LogP) is 5.41. The number of hydrogen-bond donors (Lipinski definition) is 0. The van der Waals surface area contributed by atoms with Gasteiger partial charge in [0, 0.05) is 16.7 Å². The third kappa shape index (κ3) is 3.24. The van der Waals surface area contributed by atoms with Gasteiger partial charge in [-0.2, -0.15) is 0 Å². The summed E-state index contributed by atoms with van der Waals surface area (Å²) < 4.78 is 6.83. The summed E-state index contributed by atoms with van der Waals surface area (Å²) in [5, 5.41) is 0.599. The van der Waals surface area contributed by atoms with Gasteiger partial charge in [0.05, 0.1) is 5.02 Å². The lowest BCUT2D eigenvalue weighted by Gasteiger charge is -2.13. The number of benzene rings is 1. The van der Waals surface area contributed by atoms with Gasteiger partial charge < -0.3 is 4.74 Å². The third-order valence-electron chi connectivity index (χ3n) is 2.51. The lowest BCUT2D eigenvalue weighted by Crippen LogP contribution is -1.95. The normalized spacial score (nSPS) is 10.7. The van der Waals surface area contributed by atoms with Gasteiger partial charge in [-0.1, -0.05) is 41.4 Å². The maximum atomic E-state index is 5.79. The van der Waals surface area contributed by atoms with Gasteiger partial charge in [-0.25, -0.2) is 4.98 Å². The average molecular weight is 327 g/mol. The number of nitrogens with zero attached hydrogens (tertiary/aromatic N) is 1. The first kappa shape index (κ1) is 13.4. The van der Waals surface area contributed by atoms with Gasteiger partial charge in [-0.15, -0.1) is 0 Å². The Labute approximate surface area is 120 Å². The molecule has 4 heteroatoms. The minimum Gasteiger partial charge on any atom is -0.439 e. The minimum absolute atomic E-state index is 0.379. The number of hydrogen-bond acceptors (Lipinski definition) is 2. The van der Waals surface area contributed by atoms with Crippen molar-refractivity contribution in [3.05, 3.63) is 51.6 Å². The molecule has 0 saturated heterocycles. The number of halogens is 2. The molecule has 0 amide bonds. The number of rotatable bonds is 3. The van der Waals surface area contributed by atoms with Crippen LogP contribution in [0.25, 0.3) is 0 Å². The molecule has 0 saturated carbocycles. The second kappa shape index (κ2) is 5.72. The molecule has 1 aromatic heterocycles. The summed E-state index contributed by atoms with van der Waals surface area (Å²) in [5.41, 5.74) is 1.14. The van der Waals surface area contributed by atoms with Crippen molar-refractivity contribution in [2.45, 2.75) is 19.8 Å². The monoisotopic (exact) mass is 325 g/mol. The van der Waals surface area contributed by atoms with Crippen LogP contribution < -0.4 is 4.74 Å². The molecule has 0 fully saturated rings. The van der Waals surface area contributed by atoms with Gasteiger partial charge >= 0.3 is 0 Å². The molecule has 0 atom stereocenters. The molecule has 0 N–H and O–H groups in total. The van der Waals surface area contributed by atoms with E-state index in [2.05, 4.69) is 40.8 Å². The fraction of sp³-hybridized carbons (Fsp3) is 0.214. The Bertz CT molecular complexity index is 540. The first-order valence-corrected chi connectivity index (χ1v) is 6.82. The van der Waals surface area contributed by atoms with Crippen molar-refractivity contribution in [1.82, 2.24) is 4.98 Å². The molecule has 0 radical (unpaired) electrons. The van der Waals surface area contributed by atoms with Crippen molar-refractivity contribution in [1.29, 1.82) is 0 Å². The van der Waals surface area contributed by atoms with Crippen LogP contribution in [0.3, 0.4) is 0 Å². The quantitative estimate of drug-likeness (QED) is 0.752. The van der Waals surface area contributed by atoms with E-state index in [9.17, 15) is 0 Å². The van der Waals surface area contributed by atoms with Gasteiger partial charge in [0.2, 0.25) is 5.88 Å². The average Bonchev–Trinajstić information content (AvgIpc) is 2.34. The highest BCUT2D eigenvalue weighted by molar-refractivity contribution is 9.10. The van der Waals surface area contributed by atoms with E-state index < -0.39 is 0 Å². The van der Waals surface area contributed by atoms with E-state index in [-0.39, 0.29) is 0 Å². The van der Waals surface area contributed by atoms with E-state index in [1.54, 1.807) is 18.3 Å². The summed E-state index contributed by atoms with van der Waals surface area (Å²) >= 11 is 9.26.